The van der Waals surface area contributed by atoms with E-state index in [1.54, 1.807) is 32.0 Å². The number of carboxylic acid groups (broad SMARTS) is 1. The van der Waals surface area contributed by atoms with Crippen molar-refractivity contribution >= 4 is 5.97 Å². The molecule has 0 aromatic heterocycles. The minimum Gasteiger partial charge on any atom is -0.492 e. The molecule has 100 valence electrons. The van der Waals surface area contributed by atoms with Crippen molar-refractivity contribution in [2.45, 2.75) is 33.3 Å². The average molecular weight is 252 g/mol. The Hall–Kier alpha value is -1.55. The molecule has 0 saturated heterocycles. The van der Waals surface area contributed by atoms with Gasteiger partial charge in [0.15, 0.2) is 0 Å². The van der Waals surface area contributed by atoms with Crippen LogP contribution >= 0.6 is 0 Å². The predicted molar refractivity (Wildman–Crippen MR) is 68.6 cm³/mol. The van der Waals surface area contributed by atoms with E-state index in [-0.39, 0.29) is 6.61 Å². The molecule has 1 atom stereocenters. The molecule has 0 heterocycles. The third-order valence-corrected chi connectivity index (χ3v) is 2.83. The first-order valence-corrected chi connectivity index (χ1v) is 6.01. The molecule has 18 heavy (non-hydrogen) atoms. The molecule has 1 aromatic rings. The highest BCUT2D eigenvalue weighted by molar-refractivity contribution is 5.73. The summed E-state index contributed by atoms with van der Waals surface area (Å²) in [6, 6.07) is 7.15. The number of aliphatic hydroxyl groups is 1. The summed E-state index contributed by atoms with van der Waals surface area (Å²) in [5, 5.41) is 18.9. The Morgan fingerprint density at radius 2 is 2.00 bits per heavy atom. The lowest BCUT2D eigenvalue weighted by Crippen LogP contribution is -2.30. The van der Waals surface area contributed by atoms with Crippen LogP contribution in [0.2, 0.25) is 0 Å². The summed E-state index contributed by atoms with van der Waals surface area (Å²) in [5.41, 5.74) is -0.259. The number of hydrogen-bond acceptors (Lipinski definition) is 3. The molecule has 0 spiro atoms. The topological polar surface area (TPSA) is 66.8 Å². The Balaban J connectivity index is 2.82. The molecule has 0 aliphatic carbocycles. The van der Waals surface area contributed by atoms with Crippen LogP contribution in [0.1, 0.15) is 38.9 Å². The molecule has 1 rings (SSSR count). The number of hydrogen-bond donors (Lipinski definition) is 2. The molecule has 0 aliphatic heterocycles. The monoisotopic (exact) mass is 252 g/mol. The first-order chi connectivity index (χ1) is 8.38. The van der Waals surface area contributed by atoms with Crippen LogP contribution in [0.3, 0.4) is 0 Å². The van der Waals surface area contributed by atoms with Crippen LogP contribution in [-0.4, -0.2) is 22.8 Å². The van der Waals surface area contributed by atoms with E-state index in [2.05, 4.69) is 0 Å². The highest BCUT2D eigenvalue weighted by Crippen LogP contribution is 2.28. The first-order valence-electron chi connectivity index (χ1n) is 6.01. The third-order valence-electron chi connectivity index (χ3n) is 2.83. The van der Waals surface area contributed by atoms with Gasteiger partial charge in [0, 0.05) is 5.56 Å². The fourth-order valence-corrected chi connectivity index (χ4v) is 1.43. The minimum atomic E-state index is -0.954. The van der Waals surface area contributed by atoms with E-state index in [4.69, 9.17) is 9.84 Å². The van der Waals surface area contributed by atoms with Crippen LogP contribution in [0.25, 0.3) is 0 Å². The average Bonchev–Trinajstić information content (AvgIpc) is 2.35. The van der Waals surface area contributed by atoms with E-state index in [1.165, 1.54) is 0 Å². The largest absolute Gasteiger partial charge is 0.492 e. The molecule has 1 aromatic carbocycles. The lowest BCUT2D eigenvalue weighted by molar-refractivity contribution is -0.148. The Bertz CT molecular complexity index is 412. The Labute approximate surface area is 107 Å². The maximum absolute atomic E-state index is 11.0. The van der Waals surface area contributed by atoms with E-state index in [0.29, 0.717) is 17.7 Å². The van der Waals surface area contributed by atoms with Crippen LogP contribution in [0, 0.1) is 5.41 Å². The van der Waals surface area contributed by atoms with E-state index >= 15 is 0 Å². The molecule has 0 radical (unpaired) electrons. The normalized spacial score (nSPS) is 13.1. The van der Waals surface area contributed by atoms with Crippen molar-refractivity contribution in [2.24, 2.45) is 5.41 Å². The smallest absolute Gasteiger partial charge is 0.312 e. The van der Waals surface area contributed by atoms with Crippen LogP contribution in [-0.2, 0) is 4.79 Å². The second-order valence-electron chi connectivity index (χ2n) is 4.94. The van der Waals surface area contributed by atoms with Crippen molar-refractivity contribution in [3.05, 3.63) is 29.8 Å². The van der Waals surface area contributed by atoms with Gasteiger partial charge in [-0.1, -0.05) is 25.1 Å². The van der Waals surface area contributed by atoms with Gasteiger partial charge < -0.3 is 14.9 Å². The zero-order valence-electron chi connectivity index (χ0n) is 11.0. The molecule has 0 bridgehead atoms. The zero-order valence-corrected chi connectivity index (χ0v) is 11.0. The lowest BCUT2D eigenvalue weighted by Gasteiger charge is -2.21. The summed E-state index contributed by atoms with van der Waals surface area (Å²) in [4.78, 5) is 11.0. The van der Waals surface area contributed by atoms with Gasteiger partial charge in [-0.25, -0.2) is 0 Å². The summed E-state index contributed by atoms with van der Waals surface area (Å²) in [6.45, 7) is 5.15. The van der Waals surface area contributed by atoms with Gasteiger partial charge in [0.1, 0.15) is 12.4 Å². The maximum atomic E-state index is 11.0. The Morgan fingerprint density at radius 1 is 1.39 bits per heavy atom. The first kappa shape index (κ1) is 14.5. The molecule has 0 saturated carbocycles. The second-order valence-corrected chi connectivity index (χ2v) is 4.94. The van der Waals surface area contributed by atoms with Crippen molar-refractivity contribution in [1.82, 2.24) is 0 Å². The van der Waals surface area contributed by atoms with Gasteiger partial charge in [-0.05, 0) is 26.3 Å². The van der Waals surface area contributed by atoms with Gasteiger partial charge in [-0.2, -0.15) is 0 Å². The number of ether oxygens (including phenoxy) is 1. The SMILES string of the molecule is CC[C@H](O)c1ccccc1OCC(C)(C)C(=O)O. The van der Waals surface area contributed by atoms with Gasteiger partial charge in [-0.3, -0.25) is 4.79 Å². The van der Waals surface area contributed by atoms with E-state index in [0.717, 1.165) is 0 Å². The summed E-state index contributed by atoms with van der Waals surface area (Å²) in [6.07, 6.45) is -0.00275. The van der Waals surface area contributed by atoms with Gasteiger partial charge in [0.25, 0.3) is 0 Å². The summed E-state index contributed by atoms with van der Waals surface area (Å²) >= 11 is 0. The lowest BCUT2D eigenvalue weighted by atomic mass is 9.95. The molecule has 0 unspecified atom stereocenters. The number of rotatable bonds is 6. The summed E-state index contributed by atoms with van der Waals surface area (Å²) < 4.78 is 5.55. The number of para-hydroxylation sites is 1. The molecular formula is C14H20O4. The van der Waals surface area contributed by atoms with Crippen molar-refractivity contribution in [3.63, 3.8) is 0 Å². The number of carboxylic acids is 1. The Kier molecular flexibility index (Phi) is 4.73. The van der Waals surface area contributed by atoms with Gasteiger partial charge in [0.05, 0.1) is 11.5 Å². The number of benzene rings is 1. The van der Waals surface area contributed by atoms with Gasteiger partial charge >= 0.3 is 5.97 Å². The number of aliphatic carboxylic acids is 1. The van der Waals surface area contributed by atoms with Gasteiger partial charge in [0.2, 0.25) is 0 Å². The van der Waals surface area contributed by atoms with Crippen LogP contribution in [0.5, 0.6) is 5.75 Å². The third kappa shape index (κ3) is 3.47. The van der Waals surface area contributed by atoms with Crippen LogP contribution < -0.4 is 4.74 Å². The molecule has 0 fully saturated rings. The highest BCUT2D eigenvalue weighted by atomic mass is 16.5. The molecule has 2 N–H and O–H groups in total. The van der Waals surface area contributed by atoms with E-state index in [9.17, 15) is 9.90 Å². The van der Waals surface area contributed by atoms with Crippen LogP contribution in [0.4, 0.5) is 0 Å². The van der Waals surface area contributed by atoms with Gasteiger partial charge in [-0.15, -0.1) is 0 Å². The van der Waals surface area contributed by atoms with Crippen molar-refractivity contribution < 1.29 is 19.7 Å². The zero-order chi connectivity index (χ0) is 13.8. The standard InChI is InChI=1S/C14H20O4/c1-4-11(15)10-7-5-6-8-12(10)18-9-14(2,3)13(16)17/h5-8,11,15H,4,9H2,1-3H3,(H,16,17)/t11-/m0/s1. The molecule has 4 nitrogen and oxygen atoms in total. The van der Waals surface area contributed by atoms with E-state index in [1.807, 2.05) is 13.0 Å². The highest BCUT2D eigenvalue weighted by Gasteiger charge is 2.28. The van der Waals surface area contributed by atoms with Crippen molar-refractivity contribution in [2.75, 3.05) is 6.61 Å². The van der Waals surface area contributed by atoms with Crippen LogP contribution in [0.15, 0.2) is 24.3 Å². The summed E-state index contributed by atoms with van der Waals surface area (Å²) in [7, 11) is 0. The summed E-state index contributed by atoms with van der Waals surface area (Å²) in [5.74, 6) is -0.364. The maximum Gasteiger partial charge on any atom is 0.312 e. The molecule has 0 amide bonds. The second kappa shape index (κ2) is 5.87. The number of carbonyl (C=O) groups is 1. The molecule has 4 heteroatoms. The molecule has 0 aliphatic rings. The van der Waals surface area contributed by atoms with E-state index < -0.39 is 17.5 Å². The fourth-order valence-electron chi connectivity index (χ4n) is 1.43. The Morgan fingerprint density at radius 3 is 2.56 bits per heavy atom. The van der Waals surface area contributed by atoms with Crippen molar-refractivity contribution in [1.29, 1.82) is 0 Å². The molecular weight excluding hydrogens is 232 g/mol. The quantitative estimate of drug-likeness (QED) is 0.816. The minimum absolute atomic E-state index is 0.0653. The van der Waals surface area contributed by atoms with Crippen molar-refractivity contribution in [3.8, 4) is 5.75 Å². The predicted octanol–water partition coefficient (Wildman–Crippen LogP) is 2.62. The number of aliphatic hydroxyl groups excluding tert-OH is 1. The fraction of sp³-hybridized carbons (Fsp3) is 0.500.